The van der Waals surface area contributed by atoms with Crippen LogP contribution in [0.5, 0.6) is 11.5 Å². The highest BCUT2D eigenvalue weighted by Gasteiger charge is 2.04. The lowest BCUT2D eigenvalue weighted by atomic mass is 10.3. The normalized spacial score (nSPS) is 10.5. The average molecular weight is 237 g/mol. The molecule has 17 heavy (non-hydrogen) atoms. The summed E-state index contributed by atoms with van der Waals surface area (Å²) in [5, 5.41) is 0. The van der Waals surface area contributed by atoms with E-state index >= 15 is 0 Å². The summed E-state index contributed by atoms with van der Waals surface area (Å²) in [5.74, 6) is 1.42. The molecule has 4 heteroatoms. The highest BCUT2D eigenvalue weighted by atomic mass is 16.5. The van der Waals surface area contributed by atoms with Gasteiger partial charge in [0.2, 0.25) is 0 Å². The predicted octanol–water partition coefficient (Wildman–Crippen LogP) is 1.81. The molecule has 0 radical (unpaired) electrons. The minimum absolute atomic E-state index is 0.618. The van der Waals surface area contributed by atoms with Crippen LogP contribution in [0, 0.1) is 6.92 Å². The minimum Gasteiger partial charge on any atom is -0.494 e. The molecule has 0 unspecified atom stereocenters. The number of ether oxygens (including phenoxy) is 2. The van der Waals surface area contributed by atoms with Gasteiger partial charge in [-0.2, -0.15) is 0 Å². The summed E-state index contributed by atoms with van der Waals surface area (Å²) in [5.41, 5.74) is 6.34. The van der Waals surface area contributed by atoms with E-state index < -0.39 is 0 Å². The second-order valence-electron chi connectivity index (χ2n) is 3.69. The Hall–Kier alpha value is -1.55. The zero-order chi connectivity index (χ0) is 12.7. The van der Waals surface area contributed by atoms with Gasteiger partial charge < -0.3 is 15.2 Å². The molecule has 2 N–H and O–H groups in total. The van der Waals surface area contributed by atoms with Gasteiger partial charge in [-0.05, 0) is 18.7 Å². The first-order valence-electron chi connectivity index (χ1n) is 5.79. The second kappa shape index (κ2) is 6.91. The summed E-state index contributed by atoms with van der Waals surface area (Å²) in [6.45, 7) is 9.25. The number of likely N-dealkylation sites (N-methyl/N-ethyl adjacent to an activating group) is 1. The van der Waals surface area contributed by atoms with Gasteiger partial charge in [-0.3, -0.25) is 4.90 Å². The molecule has 0 aliphatic heterocycles. The first kappa shape index (κ1) is 13.5. The van der Waals surface area contributed by atoms with Crippen LogP contribution in [0.2, 0.25) is 0 Å². The van der Waals surface area contributed by atoms with Crippen LogP contribution in [0.4, 0.5) is 5.69 Å². The Balaban J connectivity index is 2.46. The third-order valence-corrected chi connectivity index (χ3v) is 2.64. The number of rotatable bonds is 7. The van der Waals surface area contributed by atoms with E-state index in [0.29, 0.717) is 18.0 Å². The molecule has 1 aromatic rings. The Morgan fingerprint density at radius 1 is 1.41 bits per heavy atom. The summed E-state index contributed by atoms with van der Waals surface area (Å²) in [4.78, 5) is 2.20. The van der Waals surface area contributed by atoms with Gasteiger partial charge in [0.1, 0.15) is 24.7 Å². The maximum atomic E-state index is 5.72. The Morgan fingerprint density at radius 2 is 2.18 bits per heavy atom. The number of anilines is 1. The third kappa shape index (κ3) is 4.07. The molecule has 1 rings (SSSR count). The van der Waals surface area contributed by atoms with Gasteiger partial charge in [-0.1, -0.05) is 6.92 Å². The number of methoxy groups -OCH3 is 1. The molecule has 0 bridgehead atoms. The van der Waals surface area contributed by atoms with Gasteiger partial charge in [-0.15, -0.1) is 0 Å². The van der Waals surface area contributed by atoms with E-state index in [1.807, 2.05) is 6.07 Å². The molecule has 94 valence electrons. The molecular weight excluding hydrogens is 216 g/mol. The van der Waals surface area contributed by atoms with E-state index in [4.69, 9.17) is 15.2 Å². The fourth-order valence-electron chi connectivity index (χ4n) is 1.50. The third-order valence-electron chi connectivity index (χ3n) is 2.64. The van der Waals surface area contributed by atoms with Crippen molar-refractivity contribution in [1.29, 1.82) is 0 Å². The SMILES string of the molecule is [CH2+]CN(CC)CCOc1ccc(N)c(OC)c1. The molecule has 4 nitrogen and oxygen atoms in total. The van der Waals surface area contributed by atoms with Gasteiger partial charge in [0.25, 0.3) is 0 Å². The van der Waals surface area contributed by atoms with Crippen molar-refractivity contribution in [2.24, 2.45) is 0 Å². The zero-order valence-corrected chi connectivity index (χ0v) is 10.6. The number of nitrogens with zero attached hydrogens (tertiary/aromatic N) is 1. The van der Waals surface area contributed by atoms with E-state index in [2.05, 4.69) is 18.7 Å². The van der Waals surface area contributed by atoms with Crippen LogP contribution in [-0.4, -0.2) is 38.3 Å². The first-order chi connectivity index (χ1) is 8.21. The molecule has 0 heterocycles. The highest BCUT2D eigenvalue weighted by Crippen LogP contribution is 2.26. The van der Waals surface area contributed by atoms with Crippen molar-refractivity contribution in [3.63, 3.8) is 0 Å². The fraction of sp³-hybridized carbons (Fsp3) is 0.462. The molecule has 1 aromatic carbocycles. The van der Waals surface area contributed by atoms with Crippen LogP contribution in [0.3, 0.4) is 0 Å². The van der Waals surface area contributed by atoms with Crippen LogP contribution in [0.1, 0.15) is 6.92 Å². The average Bonchev–Trinajstić information content (AvgIpc) is 2.36. The lowest BCUT2D eigenvalue weighted by Gasteiger charge is -2.15. The van der Waals surface area contributed by atoms with Crippen molar-refractivity contribution >= 4 is 5.69 Å². The Bertz CT molecular complexity index is 338. The monoisotopic (exact) mass is 237 g/mol. The smallest absolute Gasteiger partial charge is 0.145 e. The molecule has 0 spiro atoms. The molecular formula is C13H21N2O2+. The summed E-state index contributed by atoms with van der Waals surface area (Å²) in [7, 11) is 1.59. The summed E-state index contributed by atoms with van der Waals surface area (Å²) in [6, 6.07) is 5.43. The van der Waals surface area contributed by atoms with Crippen LogP contribution >= 0.6 is 0 Å². The molecule has 0 amide bonds. The highest BCUT2D eigenvalue weighted by molar-refractivity contribution is 5.55. The maximum Gasteiger partial charge on any atom is 0.145 e. The Morgan fingerprint density at radius 3 is 2.76 bits per heavy atom. The second-order valence-corrected chi connectivity index (χ2v) is 3.69. The lowest BCUT2D eigenvalue weighted by Crippen LogP contribution is -2.28. The Labute approximate surface area is 103 Å². The summed E-state index contributed by atoms with van der Waals surface area (Å²) in [6.07, 6.45) is 0. The lowest BCUT2D eigenvalue weighted by molar-refractivity contribution is 0.228. The molecule has 0 atom stereocenters. The standard InChI is InChI=1S/C13H21N2O2/c1-4-15(5-2)8-9-17-11-6-7-12(14)13(10-11)16-3/h6-7,10H,1,4-5,8-9,14H2,2-3H3/q+1. The Kier molecular flexibility index (Phi) is 5.49. The predicted molar refractivity (Wildman–Crippen MR) is 70.4 cm³/mol. The number of hydrogen-bond donors (Lipinski definition) is 1. The maximum absolute atomic E-state index is 5.72. The van der Waals surface area contributed by atoms with Crippen LogP contribution in [-0.2, 0) is 0 Å². The van der Waals surface area contributed by atoms with Gasteiger partial charge in [0, 0.05) is 12.6 Å². The first-order valence-corrected chi connectivity index (χ1v) is 5.79. The molecule has 0 aliphatic rings. The quantitative estimate of drug-likeness (QED) is 0.580. The minimum atomic E-state index is 0.618. The summed E-state index contributed by atoms with van der Waals surface area (Å²) >= 11 is 0. The van der Waals surface area contributed by atoms with Gasteiger partial charge in [-0.25, -0.2) is 0 Å². The van der Waals surface area contributed by atoms with Crippen molar-refractivity contribution in [3.8, 4) is 11.5 Å². The van der Waals surface area contributed by atoms with Crippen molar-refractivity contribution in [3.05, 3.63) is 25.1 Å². The van der Waals surface area contributed by atoms with E-state index in [1.165, 1.54) is 0 Å². The van der Waals surface area contributed by atoms with E-state index in [9.17, 15) is 0 Å². The summed E-state index contributed by atoms with van der Waals surface area (Å²) < 4.78 is 10.8. The van der Waals surface area contributed by atoms with Crippen LogP contribution in [0.25, 0.3) is 0 Å². The van der Waals surface area contributed by atoms with Crippen LogP contribution in [0.15, 0.2) is 18.2 Å². The molecule has 0 saturated heterocycles. The zero-order valence-electron chi connectivity index (χ0n) is 10.6. The number of benzene rings is 1. The molecule has 0 fully saturated rings. The number of hydrogen-bond acceptors (Lipinski definition) is 4. The van der Waals surface area contributed by atoms with Gasteiger partial charge in [0.05, 0.1) is 19.7 Å². The topological polar surface area (TPSA) is 47.7 Å². The van der Waals surface area contributed by atoms with Crippen LogP contribution < -0.4 is 15.2 Å². The largest absolute Gasteiger partial charge is 0.494 e. The van der Waals surface area contributed by atoms with E-state index in [0.717, 1.165) is 25.4 Å². The molecule has 0 aromatic heterocycles. The fourth-order valence-corrected chi connectivity index (χ4v) is 1.50. The van der Waals surface area contributed by atoms with Gasteiger partial charge >= 0.3 is 0 Å². The van der Waals surface area contributed by atoms with Gasteiger partial charge in [0.15, 0.2) is 0 Å². The van der Waals surface area contributed by atoms with E-state index in [-0.39, 0.29) is 0 Å². The van der Waals surface area contributed by atoms with Crippen molar-refractivity contribution < 1.29 is 9.47 Å². The van der Waals surface area contributed by atoms with Crippen molar-refractivity contribution in [2.45, 2.75) is 6.92 Å². The number of nitrogens with two attached hydrogens (primary N) is 1. The van der Waals surface area contributed by atoms with Crippen molar-refractivity contribution in [2.75, 3.05) is 39.1 Å². The van der Waals surface area contributed by atoms with E-state index in [1.54, 1.807) is 19.2 Å². The molecule has 0 saturated carbocycles. The number of nitrogen functional groups attached to an aromatic ring is 1. The van der Waals surface area contributed by atoms with Crippen molar-refractivity contribution in [1.82, 2.24) is 4.90 Å². The molecule has 0 aliphatic carbocycles.